The molecule has 1 atom stereocenters. The minimum atomic E-state index is -4.84. The number of amides is 2. The maximum absolute atomic E-state index is 12.9. The molecule has 0 aromatic heterocycles. The molecule has 3 rings (SSSR count). The van der Waals surface area contributed by atoms with Crippen molar-refractivity contribution in [1.82, 2.24) is 0 Å². The quantitative estimate of drug-likeness (QED) is 0.830. The second kappa shape index (κ2) is 7.79. The molecule has 1 aliphatic rings. The normalized spacial score (nSPS) is 16.6. The number of rotatable bonds is 4. The van der Waals surface area contributed by atoms with E-state index in [1.54, 1.807) is 31.2 Å². The van der Waals surface area contributed by atoms with Gasteiger partial charge in [-0.05, 0) is 31.2 Å². The molecule has 28 heavy (non-hydrogen) atoms. The molecule has 9 heteroatoms. The zero-order valence-corrected chi connectivity index (χ0v) is 14.9. The van der Waals surface area contributed by atoms with Crippen LogP contribution in [0.4, 0.5) is 30.2 Å². The highest BCUT2D eigenvalue weighted by atomic mass is 19.4. The lowest BCUT2D eigenvalue weighted by atomic mass is 10.1. The van der Waals surface area contributed by atoms with Crippen LogP contribution >= 0.6 is 0 Å². The smallest absolute Gasteiger partial charge is 0.404 e. The van der Waals surface area contributed by atoms with E-state index in [4.69, 9.17) is 0 Å². The van der Waals surface area contributed by atoms with Crippen LogP contribution in [-0.2, 0) is 9.59 Å². The summed E-state index contributed by atoms with van der Waals surface area (Å²) in [4.78, 5) is 26.3. The van der Waals surface area contributed by atoms with Crippen molar-refractivity contribution in [1.29, 1.82) is 0 Å². The summed E-state index contributed by atoms with van der Waals surface area (Å²) in [5.41, 5.74) is 1.08. The number of anilines is 3. The molecule has 2 N–H and O–H groups in total. The lowest BCUT2D eigenvalue weighted by molar-refractivity contribution is -0.274. The average Bonchev–Trinajstić information content (AvgIpc) is 2.73. The van der Waals surface area contributed by atoms with Crippen molar-refractivity contribution in [3.63, 3.8) is 0 Å². The van der Waals surface area contributed by atoms with Gasteiger partial charge in [0.1, 0.15) is 0 Å². The monoisotopic (exact) mass is 393 g/mol. The lowest BCUT2D eigenvalue weighted by Gasteiger charge is -2.28. The molecule has 148 valence electrons. The molecular formula is C19H18F3N3O3. The van der Waals surface area contributed by atoms with Crippen LogP contribution in [0, 0.1) is 0 Å². The molecule has 0 saturated heterocycles. The Morgan fingerprint density at radius 3 is 2.64 bits per heavy atom. The number of alkyl halides is 3. The Balaban J connectivity index is 1.79. The van der Waals surface area contributed by atoms with Crippen molar-refractivity contribution in [2.75, 3.05) is 22.1 Å². The Labute approximate surface area is 159 Å². The first kappa shape index (κ1) is 19.5. The molecule has 0 radical (unpaired) electrons. The predicted octanol–water partition coefficient (Wildman–Crippen LogP) is 3.76. The van der Waals surface area contributed by atoms with E-state index in [0.717, 1.165) is 6.07 Å². The van der Waals surface area contributed by atoms with Crippen LogP contribution in [0.1, 0.15) is 13.3 Å². The molecule has 0 bridgehead atoms. The molecule has 1 unspecified atom stereocenters. The van der Waals surface area contributed by atoms with Crippen molar-refractivity contribution in [2.24, 2.45) is 0 Å². The lowest BCUT2D eigenvalue weighted by Crippen LogP contribution is -2.42. The minimum Gasteiger partial charge on any atom is -0.404 e. The van der Waals surface area contributed by atoms with Gasteiger partial charge in [0.25, 0.3) is 0 Å². The topological polar surface area (TPSA) is 70.7 Å². The van der Waals surface area contributed by atoms with E-state index in [0.29, 0.717) is 11.4 Å². The highest BCUT2D eigenvalue weighted by Gasteiger charge is 2.32. The number of halogens is 3. The number of fused-ring (bicyclic) bond motifs is 1. The number of benzene rings is 2. The second-order valence-electron chi connectivity index (χ2n) is 6.28. The number of carbonyl (C=O) groups excluding carboxylic acids is 2. The Hall–Kier alpha value is -3.23. The van der Waals surface area contributed by atoms with E-state index in [1.165, 1.54) is 23.1 Å². The average molecular weight is 393 g/mol. The summed E-state index contributed by atoms with van der Waals surface area (Å²) in [6.07, 6.45) is -4.74. The van der Waals surface area contributed by atoms with Crippen LogP contribution < -0.4 is 20.3 Å². The van der Waals surface area contributed by atoms with Crippen LogP contribution in [0.5, 0.6) is 5.75 Å². The first-order valence-corrected chi connectivity index (χ1v) is 8.54. The second-order valence-corrected chi connectivity index (χ2v) is 6.28. The van der Waals surface area contributed by atoms with Gasteiger partial charge in [-0.3, -0.25) is 9.59 Å². The molecule has 2 aromatic carbocycles. The summed E-state index contributed by atoms with van der Waals surface area (Å²) in [7, 11) is 0. The van der Waals surface area contributed by atoms with Crippen LogP contribution in [0.3, 0.4) is 0 Å². The maximum Gasteiger partial charge on any atom is 0.573 e. The Kier molecular flexibility index (Phi) is 5.43. The summed E-state index contributed by atoms with van der Waals surface area (Å²) in [5, 5.41) is 5.44. The van der Waals surface area contributed by atoms with Gasteiger partial charge in [0.05, 0.1) is 23.6 Å². The third kappa shape index (κ3) is 4.54. The molecule has 2 aromatic rings. The van der Waals surface area contributed by atoms with E-state index in [2.05, 4.69) is 15.4 Å². The Morgan fingerprint density at radius 2 is 1.89 bits per heavy atom. The van der Waals surface area contributed by atoms with E-state index in [1.807, 2.05) is 0 Å². The third-order valence-corrected chi connectivity index (χ3v) is 4.17. The first-order chi connectivity index (χ1) is 13.2. The number of carbonyl (C=O) groups is 2. The fraction of sp³-hybridized carbons (Fsp3) is 0.263. The van der Waals surface area contributed by atoms with Crippen molar-refractivity contribution in [2.45, 2.75) is 25.7 Å². The Bertz CT molecular complexity index is 886. The molecule has 1 heterocycles. The van der Waals surface area contributed by atoms with Crippen LogP contribution in [0.2, 0.25) is 0 Å². The van der Waals surface area contributed by atoms with Crippen molar-refractivity contribution in [3.05, 3.63) is 48.5 Å². The molecule has 0 saturated carbocycles. The Morgan fingerprint density at radius 1 is 1.21 bits per heavy atom. The summed E-state index contributed by atoms with van der Waals surface area (Å²) in [6.45, 7) is 1.46. The first-order valence-electron chi connectivity index (χ1n) is 8.54. The summed E-state index contributed by atoms with van der Waals surface area (Å²) in [5.74, 6) is -1.03. The van der Waals surface area contributed by atoms with Gasteiger partial charge < -0.3 is 20.3 Å². The van der Waals surface area contributed by atoms with Gasteiger partial charge in [-0.15, -0.1) is 13.2 Å². The van der Waals surface area contributed by atoms with Crippen molar-refractivity contribution < 1.29 is 27.5 Å². The SMILES string of the molecule is CC1CC(=O)Nc2ccccc2N1C(=O)CNc1ccccc1OC(F)(F)F. The molecular weight excluding hydrogens is 375 g/mol. The van der Waals surface area contributed by atoms with Crippen LogP contribution in [0.15, 0.2) is 48.5 Å². The van der Waals surface area contributed by atoms with E-state index < -0.39 is 24.1 Å². The highest BCUT2D eigenvalue weighted by Crippen LogP contribution is 2.32. The summed E-state index contributed by atoms with van der Waals surface area (Å²) < 4.78 is 41.6. The zero-order chi connectivity index (χ0) is 20.3. The van der Waals surface area contributed by atoms with Gasteiger partial charge in [-0.2, -0.15) is 0 Å². The number of hydrogen-bond acceptors (Lipinski definition) is 4. The van der Waals surface area contributed by atoms with Gasteiger partial charge in [-0.1, -0.05) is 24.3 Å². The van der Waals surface area contributed by atoms with Gasteiger partial charge in [0, 0.05) is 12.5 Å². The summed E-state index contributed by atoms with van der Waals surface area (Å²) >= 11 is 0. The third-order valence-electron chi connectivity index (χ3n) is 4.17. The van der Waals surface area contributed by atoms with Crippen molar-refractivity contribution >= 4 is 28.9 Å². The van der Waals surface area contributed by atoms with Crippen molar-refractivity contribution in [3.8, 4) is 5.75 Å². The number of nitrogens with zero attached hydrogens (tertiary/aromatic N) is 1. The van der Waals surface area contributed by atoms with Gasteiger partial charge in [-0.25, -0.2) is 0 Å². The highest BCUT2D eigenvalue weighted by molar-refractivity contribution is 6.05. The molecule has 2 amide bonds. The van der Waals surface area contributed by atoms with E-state index in [-0.39, 0.29) is 24.6 Å². The van der Waals surface area contributed by atoms with Gasteiger partial charge in [0.2, 0.25) is 11.8 Å². The minimum absolute atomic E-state index is 0.0399. The number of hydrogen-bond donors (Lipinski definition) is 2. The largest absolute Gasteiger partial charge is 0.573 e. The number of para-hydroxylation sites is 4. The maximum atomic E-state index is 12.9. The van der Waals surface area contributed by atoms with Crippen LogP contribution in [0.25, 0.3) is 0 Å². The molecule has 6 nitrogen and oxygen atoms in total. The number of ether oxygens (including phenoxy) is 1. The molecule has 1 aliphatic heterocycles. The fourth-order valence-electron chi connectivity index (χ4n) is 3.05. The molecule has 0 fully saturated rings. The van der Waals surface area contributed by atoms with E-state index >= 15 is 0 Å². The van der Waals surface area contributed by atoms with Crippen LogP contribution in [-0.4, -0.2) is 30.8 Å². The number of nitrogens with one attached hydrogen (secondary N) is 2. The van der Waals surface area contributed by atoms with Gasteiger partial charge >= 0.3 is 6.36 Å². The summed E-state index contributed by atoms with van der Waals surface area (Å²) in [6, 6.07) is 11.9. The molecule has 0 spiro atoms. The molecule has 0 aliphatic carbocycles. The standard InChI is InChI=1S/C19H18F3N3O3/c1-12-10-17(26)24-13-6-2-4-8-15(13)25(12)18(27)11-23-14-7-3-5-9-16(14)28-19(20,21)22/h2-9,12,23H,10-11H2,1H3,(H,24,26). The van der Waals surface area contributed by atoms with E-state index in [9.17, 15) is 22.8 Å². The predicted molar refractivity (Wildman–Crippen MR) is 98.3 cm³/mol. The van der Waals surface area contributed by atoms with Gasteiger partial charge in [0.15, 0.2) is 5.75 Å². The zero-order valence-electron chi connectivity index (χ0n) is 14.9. The fourth-order valence-corrected chi connectivity index (χ4v) is 3.05.